The van der Waals surface area contributed by atoms with Gasteiger partial charge < -0.3 is 14.8 Å². The summed E-state index contributed by atoms with van der Waals surface area (Å²) in [5, 5.41) is 2.68. The number of carbonyl (C=O) groups is 1. The molecule has 0 saturated heterocycles. The molecule has 5 heteroatoms. The van der Waals surface area contributed by atoms with E-state index in [1.54, 1.807) is 12.1 Å². The highest BCUT2D eigenvalue weighted by Gasteiger charge is 2.15. The second kappa shape index (κ2) is 7.12. The van der Waals surface area contributed by atoms with E-state index in [0.717, 1.165) is 18.4 Å². The number of alkyl carbamates (subject to hydrolysis) is 1. The topological polar surface area (TPSA) is 47.6 Å². The molecule has 0 heterocycles. The predicted octanol–water partition coefficient (Wildman–Crippen LogP) is 3.29. The molecule has 0 aliphatic carbocycles. The zero-order valence-corrected chi connectivity index (χ0v) is 12.5. The molecular weight excluding hydrogens is 261 g/mol. The fourth-order valence-corrected chi connectivity index (χ4v) is 1.66. The number of hydrogen-bond acceptors (Lipinski definition) is 3. The molecule has 0 unspecified atom stereocenters. The van der Waals surface area contributed by atoms with Gasteiger partial charge in [-0.1, -0.05) is 6.07 Å². The lowest BCUT2D eigenvalue weighted by Crippen LogP contribution is -2.33. The van der Waals surface area contributed by atoms with Crippen molar-refractivity contribution in [3.63, 3.8) is 0 Å². The molecule has 0 saturated carbocycles. The molecular formula is C15H22FNO3. The lowest BCUT2D eigenvalue weighted by molar-refractivity contribution is 0.0527. The molecule has 1 amide bonds. The van der Waals surface area contributed by atoms with E-state index in [1.165, 1.54) is 13.2 Å². The average molecular weight is 283 g/mol. The fourth-order valence-electron chi connectivity index (χ4n) is 1.66. The number of benzene rings is 1. The van der Waals surface area contributed by atoms with Crippen molar-refractivity contribution in [1.29, 1.82) is 0 Å². The van der Waals surface area contributed by atoms with Gasteiger partial charge in [-0.25, -0.2) is 9.18 Å². The maximum Gasteiger partial charge on any atom is 0.407 e. The summed E-state index contributed by atoms with van der Waals surface area (Å²) in [5.74, 6) is -0.134. The van der Waals surface area contributed by atoms with Crippen LogP contribution in [0.3, 0.4) is 0 Å². The second-order valence-corrected chi connectivity index (χ2v) is 5.50. The van der Waals surface area contributed by atoms with Crippen molar-refractivity contribution >= 4 is 6.09 Å². The van der Waals surface area contributed by atoms with Gasteiger partial charge >= 0.3 is 6.09 Å². The molecule has 1 rings (SSSR count). The summed E-state index contributed by atoms with van der Waals surface area (Å²) in [6.07, 6.45) is 1.05. The van der Waals surface area contributed by atoms with E-state index in [4.69, 9.17) is 9.47 Å². The van der Waals surface area contributed by atoms with Crippen LogP contribution in [-0.4, -0.2) is 25.3 Å². The summed E-state index contributed by atoms with van der Waals surface area (Å²) < 4.78 is 23.3. The van der Waals surface area contributed by atoms with E-state index in [0.29, 0.717) is 6.54 Å². The lowest BCUT2D eigenvalue weighted by atomic mass is 10.1. The van der Waals surface area contributed by atoms with E-state index in [1.807, 2.05) is 20.8 Å². The molecule has 0 radical (unpaired) electrons. The summed E-state index contributed by atoms with van der Waals surface area (Å²) in [7, 11) is 1.44. The Morgan fingerprint density at radius 3 is 2.65 bits per heavy atom. The van der Waals surface area contributed by atoms with Crippen LogP contribution in [0.5, 0.6) is 5.75 Å². The van der Waals surface area contributed by atoms with Crippen LogP contribution in [0.1, 0.15) is 32.8 Å². The van der Waals surface area contributed by atoms with Gasteiger partial charge in [-0.15, -0.1) is 0 Å². The van der Waals surface area contributed by atoms with Crippen LogP contribution in [0, 0.1) is 5.82 Å². The largest absolute Gasteiger partial charge is 0.494 e. The van der Waals surface area contributed by atoms with Crippen LogP contribution >= 0.6 is 0 Å². The minimum Gasteiger partial charge on any atom is -0.494 e. The number of hydrogen-bond donors (Lipinski definition) is 1. The number of carbonyl (C=O) groups excluding carboxylic acids is 1. The van der Waals surface area contributed by atoms with Gasteiger partial charge in [0.2, 0.25) is 0 Å². The van der Waals surface area contributed by atoms with Gasteiger partial charge in [0, 0.05) is 6.54 Å². The number of nitrogens with one attached hydrogen (secondary N) is 1. The van der Waals surface area contributed by atoms with Crippen molar-refractivity contribution < 1.29 is 18.7 Å². The first-order chi connectivity index (χ1) is 9.31. The molecule has 0 spiro atoms. The molecule has 0 aliphatic rings. The van der Waals surface area contributed by atoms with E-state index in [2.05, 4.69) is 5.32 Å². The normalized spacial score (nSPS) is 11.1. The summed E-state index contributed by atoms with van der Waals surface area (Å²) in [6, 6.07) is 4.77. The third kappa shape index (κ3) is 5.91. The second-order valence-electron chi connectivity index (χ2n) is 5.50. The Morgan fingerprint density at radius 1 is 1.35 bits per heavy atom. The van der Waals surface area contributed by atoms with E-state index in [9.17, 15) is 9.18 Å². The zero-order valence-electron chi connectivity index (χ0n) is 12.5. The minimum atomic E-state index is -0.492. The molecule has 0 bridgehead atoms. The third-order valence-electron chi connectivity index (χ3n) is 2.53. The number of ether oxygens (including phenoxy) is 2. The van der Waals surface area contributed by atoms with Crippen molar-refractivity contribution in [2.24, 2.45) is 0 Å². The van der Waals surface area contributed by atoms with Gasteiger partial charge in [-0.3, -0.25) is 0 Å². The third-order valence-corrected chi connectivity index (χ3v) is 2.53. The van der Waals surface area contributed by atoms with Crippen LogP contribution < -0.4 is 10.1 Å². The number of halogens is 1. The molecule has 1 aromatic carbocycles. The van der Waals surface area contributed by atoms with E-state index < -0.39 is 11.7 Å². The first-order valence-corrected chi connectivity index (χ1v) is 6.61. The van der Waals surface area contributed by atoms with Crippen molar-refractivity contribution in [3.05, 3.63) is 29.6 Å². The van der Waals surface area contributed by atoms with Gasteiger partial charge in [-0.2, -0.15) is 0 Å². The first-order valence-electron chi connectivity index (χ1n) is 6.61. The predicted molar refractivity (Wildman–Crippen MR) is 75.5 cm³/mol. The summed E-state index contributed by atoms with van der Waals surface area (Å²) in [5.41, 5.74) is 0.475. The Labute approximate surface area is 119 Å². The zero-order chi connectivity index (χ0) is 15.2. The van der Waals surface area contributed by atoms with Crippen molar-refractivity contribution in [1.82, 2.24) is 5.32 Å². The highest BCUT2D eigenvalue weighted by Crippen LogP contribution is 2.18. The van der Waals surface area contributed by atoms with Gasteiger partial charge in [0.05, 0.1) is 7.11 Å². The van der Waals surface area contributed by atoms with Crippen LogP contribution in [0.15, 0.2) is 18.2 Å². The van der Waals surface area contributed by atoms with E-state index >= 15 is 0 Å². The fraction of sp³-hybridized carbons (Fsp3) is 0.533. The molecule has 4 nitrogen and oxygen atoms in total. The first kappa shape index (κ1) is 16.3. The minimum absolute atomic E-state index is 0.239. The SMILES string of the molecule is COc1cc(CCCNC(=O)OC(C)(C)C)ccc1F. The van der Waals surface area contributed by atoms with Crippen LogP contribution in [-0.2, 0) is 11.2 Å². The van der Waals surface area contributed by atoms with Gasteiger partial charge in [0.1, 0.15) is 5.60 Å². The van der Waals surface area contributed by atoms with E-state index in [-0.39, 0.29) is 11.6 Å². The number of methoxy groups -OCH3 is 1. The van der Waals surface area contributed by atoms with Crippen LogP contribution in [0.4, 0.5) is 9.18 Å². The smallest absolute Gasteiger partial charge is 0.407 e. The van der Waals surface area contributed by atoms with Crippen LogP contribution in [0.2, 0.25) is 0 Å². The standard InChI is InChI=1S/C15H22FNO3/c1-15(2,3)20-14(18)17-9-5-6-11-7-8-12(16)13(10-11)19-4/h7-8,10H,5-6,9H2,1-4H3,(H,17,18). The number of aryl methyl sites for hydroxylation is 1. The highest BCUT2D eigenvalue weighted by atomic mass is 19.1. The maximum absolute atomic E-state index is 13.2. The van der Waals surface area contributed by atoms with Gasteiger partial charge in [-0.05, 0) is 51.3 Å². The molecule has 20 heavy (non-hydrogen) atoms. The molecule has 0 atom stereocenters. The molecule has 1 N–H and O–H groups in total. The molecule has 112 valence electrons. The number of rotatable bonds is 5. The van der Waals surface area contributed by atoms with Gasteiger partial charge in [0.15, 0.2) is 11.6 Å². The maximum atomic E-state index is 13.2. The quantitative estimate of drug-likeness (QED) is 0.843. The molecule has 0 aromatic heterocycles. The average Bonchev–Trinajstić information content (AvgIpc) is 2.34. The Hall–Kier alpha value is -1.78. The summed E-state index contributed by atoms with van der Waals surface area (Å²) in [6.45, 7) is 5.96. The monoisotopic (exact) mass is 283 g/mol. The molecule has 0 fully saturated rings. The van der Waals surface area contributed by atoms with Crippen LogP contribution in [0.25, 0.3) is 0 Å². The summed E-state index contributed by atoms with van der Waals surface area (Å²) >= 11 is 0. The Kier molecular flexibility index (Phi) is 5.80. The summed E-state index contributed by atoms with van der Waals surface area (Å²) in [4.78, 5) is 11.4. The Bertz CT molecular complexity index is 455. The van der Waals surface area contributed by atoms with Crippen molar-refractivity contribution in [2.75, 3.05) is 13.7 Å². The van der Waals surface area contributed by atoms with Crippen molar-refractivity contribution in [2.45, 2.75) is 39.2 Å². The molecule has 1 aromatic rings. The molecule has 0 aliphatic heterocycles. The Balaban J connectivity index is 2.33. The lowest BCUT2D eigenvalue weighted by Gasteiger charge is -2.19. The van der Waals surface area contributed by atoms with Gasteiger partial charge in [0.25, 0.3) is 0 Å². The number of amides is 1. The van der Waals surface area contributed by atoms with Crippen molar-refractivity contribution in [3.8, 4) is 5.75 Å². The highest BCUT2D eigenvalue weighted by molar-refractivity contribution is 5.67. The Morgan fingerprint density at radius 2 is 2.05 bits per heavy atom.